The van der Waals surface area contributed by atoms with E-state index in [1.165, 1.54) is 0 Å². The molecule has 1 unspecified atom stereocenters. The van der Waals surface area contributed by atoms with Crippen molar-refractivity contribution < 1.29 is 9.90 Å². The van der Waals surface area contributed by atoms with E-state index >= 15 is 0 Å². The molecule has 10 heavy (non-hydrogen) atoms. The second-order valence-corrected chi connectivity index (χ2v) is 2.31. The second-order valence-electron chi connectivity index (χ2n) is 2.31. The maximum absolute atomic E-state index is 10.7. The Bertz CT molecular complexity index is 106. The van der Waals surface area contributed by atoms with E-state index in [-0.39, 0.29) is 30.7 Å². The summed E-state index contributed by atoms with van der Waals surface area (Å²) >= 11 is 0. The first kappa shape index (κ1) is 12.5. The van der Waals surface area contributed by atoms with Crippen LogP contribution in [0.1, 0.15) is 13.8 Å². The number of ketones is 1. The SMILES string of the molecule is CC(C)C(=O)C(O)CN.Cl. The average Bonchev–Trinajstić information content (AvgIpc) is 1.84. The Morgan fingerprint density at radius 2 is 2.00 bits per heavy atom. The monoisotopic (exact) mass is 167 g/mol. The van der Waals surface area contributed by atoms with Crippen LogP contribution in [0.25, 0.3) is 0 Å². The smallest absolute Gasteiger partial charge is 0.165 e. The molecule has 0 rings (SSSR count). The van der Waals surface area contributed by atoms with Crippen LogP contribution in [0.5, 0.6) is 0 Å². The van der Waals surface area contributed by atoms with Gasteiger partial charge in [0, 0.05) is 12.5 Å². The normalized spacial score (nSPS) is 12.5. The molecule has 0 aromatic heterocycles. The highest BCUT2D eigenvalue weighted by atomic mass is 35.5. The second kappa shape index (κ2) is 5.65. The summed E-state index contributed by atoms with van der Waals surface area (Å²) in [4.78, 5) is 10.7. The molecule has 0 aromatic carbocycles. The highest BCUT2D eigenvalue weighted by molar-refractivity contribution is 5.85. The molecule has 3 nitrogen and oxygen atoms in total. The number of Topliss-reactive ketones (excluding diaryl/α,β-unsaturated/α-hetero) is 1. The Kier molecular flexibility index (Phi) is 7.09. The predicted octanol–water partition coefficient (Wildman–Crippen LogP) is -0.0471. The van der Waals surface area contributed by atoms with Crippen molar-refractivity contribution in [1.29, 1.82) is 0 Å². The standard InChI is InChI=1S/C6H13NO2.ClH/c1-4(2)6(9)5(8)3-7;/h4-5,8H,3,7H2,1-2H3;1H. The fourth-order valence-electron chi connectivity index (χ4n) is 0.501. The molecule has 0 radical (unpaired) electrons. The molecule has 0 fully saturated rings. The number of aliphatic hydroxyl groups is 1. The summed E-state index contributed by atoms with van der Waals surface area (Å²) in [6, 6.07) is 0. The quantitative estimate of drug-likeness (QED) is 0.620. The summed E-state index contributed by atoms with van der Waals surface area (Å²) in [5.74, 6) is -0.305. The number of hydrogen-bond donors (Lipinski definition) is 2. The minimum absolute atomic E-state index is 0. The molecule has 0 aliphatic heterocycles. The van der Waals surface area contributed by atoms with Gasteiger partial charge in [0.1, 0.15) is 6.10 Å². The zero-order chi connectivity index (χ0) is 7.44. The third-order valence-corrected chi connectivity index (χ3v) is 1.12. The fraction of sp³-hybridized carbons (Fsp3) is 0.833. The molecule has 0 bridgehead atoms. The third kappa shape index (κ3) is 3.82. The molecule has 0 saturated heterocycles. The van der Waals surface area contributed by atoms with Gasteiger partial charge in [0.25, 0.3) is 0 Å². The van der Waals surface area contributed by atoms with Gasteiger partial charge in [0.2, 0.25) is 0 Å². The molecule has 3 N–H and O–H groups in total. The van der Waals surface area contributed by atoms with Crippen LogP contribution in [0.15, 0.2) is 0 Å². The van der Waals surface area contributed by atoms with Crippen LogP contribution < -0.4 is 5.73 Å². The lowest BCUT2D eigenvalue weighted by molar-refractivity contribution is -0.129. The van der Waals surface area contributed by atoms with E-state index in [4.69, 9.17) is 10.8 Å². The van der Waals surface area contributed by atoms with Gasteiger partial charge in [-0.1, -0.05) is 13.8 Å². The lowest BCUT2D eigenvalue weighted by Gasteiger charge is -2.07. The van der Waals surface area contributed by atoms with Crippen molar-refractivity contribution in [2.24, 2.45) is 11.7 Å². The molecule has 0 spiro atoms. The number of carbonyl (C=O) groups excluding carboxylic acids is 1. The van der Waals surface area contributed by atoms with Gasteiger partial charge in [-0.3, -0.25) is 4.79 Å². The molecule has 0 heterocycles. The van der Waals surface area contributed by atoms with E-state index in [0.717, 1.165) is 0 Å². The first-order valence-electron chi connectivity index (χ1n) is 3.01. The van der Waals surface area contributed by atoms with Gasteiger partial charge in [-0.25, -0.2) is 0 Å². The molecule has 62 valence electrons. The van der Waals surface area contributed by atoms with E-state index in [0.29, 0.717) is 0 Å². The summed E-state index contributed by atoms with van der Waals surface area (Å²) in [6.45, 7) is 3.50. The van der Waals surface area contributed by atoms with E-state index in [9.17, 15) is 4.79 Å². The number of nitrogens with two attached hydrogens (primary N) is 1. The predicted molar refractivity (Wildman–Crippen MR) is 42.2 cm³/mol. The van der Waals surface area contributed by atoms with Crippen LogP contribution in [-0.4, -0.2) is 23.5 Å². The zero-order valence-electron chi connectivity index (χ0n) is 6.20. The first-order valence-corrected chi connectivity index (χ1v) is 3.01. The maximum Gasteiger partial charge on any atom is 0.165 e. The van der Waals surface area contributed by atoms with Crippen LogP contribution in [-0.2, 0) is 4.79 Å². The number of rotatable bonds is 3. The summed E-state index contributed by atoms with van der Waals surface area (Å²) in [6.07, 6.45) is -0.968. The van der Waals surface area contributed by atoms with Crippen LogP contribution >= 0.6 is 12.4 Å². The van der Waals surface area contributed by atoms with Gasteiger partial charge in [-0.2, -0.15) is 0 Å². The van der Waals surface area contributed by atoms with E-state index < -0.39 is 6.10 Å². The molecular weight excluding hydrogens is 154 g/mol. The minimum Gasteiger partial charge on any atom is -0.384 e. The number of hydrogen-bond acceptors (Lipinski definition) is 3. The molecule has 4 heteroatoms. The first-order chi connectivity index (χ1) is 4.09. The lowest BCUT2D eigenvalue weighted by atomic mass is 10.0. The minimum atomic E-state index is -0.968. The van der Waals surface area contributed by atoms with Crippen molar-refractivity contribution in [2.75, 3.05) is 6.54 Å². The van der Waals surface area contributed by atoms with Crippen LogP contribution in [0.4, 0.5) is 0 Å². The summed E-state index contributed by atoms with van der Waals surface area (Å²) in [5.41, 5.74) is 5.04. The molecule has 0 aromatic rings. The van der Waals surface area contributed by atoms with Gasteiger partial charge in [0.05, 0.1) is 0 Å². The van der Waals surface area contributed by atoms with Gasteiger partial charge in [-0.15, -0.1) is 12.4 Å². The van der Waals surface area contributed by atoms with Crippen LogP contribution in [0.2, 0.25) is 0 Å². The number of halogens is 1. The Hall–Kier alpha value is -0.120. The molecule has 0 amide bonds. The van der Waals surface area contributed by atoms with Crippen molar-refractivity contribution >= 4 is 18.2 Å². The topological polar surface area (TPSA) is 63.3 Å². The average molecular weight is 168 g/mol. The van der Waals surface area contributed by atoms with Crippen molar-refractivity contribution in [2.45, 2.75) is 20.0 Å². The van der Waals surface area contributed by atoms with Crippen molar-refractivity contribution in [1.82, 2.24) is 0 Å². The zero-order valence-corrected chi connectivity index (χ0v) is 7.02. The Balaban J connectivity index is 0. The van der Waals surface area contributed by atoms with E-state index in [1.54, 1.807) is 13.8 Å². The van der Waals surface area contributed by atoms with Crippen molar-refractivity contribution in [3.8, 4) is 0 Å². The van der Waals surface area contributed by atoms with Gasteiger partial charge in [-0.05, 0) is 0 Å². The Morgan fingerprint density at radius 3 is 2.10 bits per heavy atom. The van der Waals surface area contributed by atoms with Gasteiger partial charge in [0.15, 0.2) is 5.78 Å². The summed E-state index contributed by atoms with van der Waals surface area (Å²) in [5, 5.41) is 8.82. The molecular formula is C6H14ClNO2. The summed E-state index contributed by atoms with van der Waals surface area (Å²) < 4.78 is 0. The maximum atomic E-state index is 10.7. The molecule has 0 aliphatic carbocycles. The molecule has 0 aliphatic rings. The third-order valence-electron chi connectivity index (χ3n) is 1.12. The Labute approximate surface area is 67.0 Å². The van der Waals surface area contributed by atoms with E-state index in [1.807, 2.05) is 0 Å². The fourth-order valence-corrected chi connectivity index (χ4v) is 0.501. The number of carbonyl (C=O) groups is 1. The largest absolute Gasteiger partial charge is 0.384 e. The molecule has 0 saturated carbocycles. The lowest BCUT2D eigenvalue weighted by Crippen LogP contribution is -2.32. The van der Waals surface area contributed by atoms with E-state index in [2.05, 4.69) is 0 Å². The van der Waals surface area contributed by atoms with Crippen molar-refractivity contribution in [3.05, 3.63) is 0 Å². The Morgan fingerprint density at radius 1 is 1.60 bits per heavy atom. The number of aliphatic hydroxyl groups excluding tert-OH is 1. The molecule has 1 atom stereocenters. The highest BCUT2D eigenvalue weighted by Gasteiger charge is 2.15. The highest BCUT2D eigenvalue weighted by Crippen LogP contribution is 1.97. The van der Waals surface area contributed by atoms with Crippen molar-refractivity contribution in [3.63, 3.8) is 0 Å². The van der Waals surface area contributed by atoms with Crippen LogP contribution in [0, 0.1) is 5.92 Å². The van der Waals surface area contributed by atoms with Gasteiger partial charge >= 0.3 is 0 Å². The summed E-state index contributed by atoms with van der Waals surface area (Å²) in [7, 11) is 0. The van der Waals surface area contributed by atoms with Gasteiger partial charge < -0.3 is 10.8 Å². The van der Waals surface area contributed by atoms with Crippen LogP contribution in [0.3, 0.4) is 0 Å².